The van der Waals surface area contributed by atoms with Crippen molar-refractivity contribution in [2.75, 3.05) is 44.7 Å². The number of nitrogens with two attached hydrogens (primary N) is 1. The predicted octanol–water partition coefficient (Wildman–Crippen LogP) is 2.33. The molecule has 0 aliphatic rings. The van der Waals surface area contributed by atoms with Crippen LogP contribution in [0.3, 0.4) is 0 Å². The predicted molar refractivity (Wildman–Crippen MR) is 81.7 cm³/mol. The van der Waals surface area contributed by atoms with Gasteiger partial charge in [-0.05, 0) is 6.26 Å². The number of Topliss-reactive ketones (excluding diaryl/α,β-unsaturated/α-hetero) is 1. The molecule has 5 nitrogen and oxygen atoms in total. The van der Waals surface area contributed by atoms with E-state index < -0.39 is 0 Å². The van der Waals surface area contributed by atoms with Crippen LogP contribution < -0.4 is 11.1 Å². The molecule has 1 unspecified atom stereocenters. The first-order chi connectivity index (χ1) is 9.04. The number of nitrogen functional groups attached to an aromatic ring is 1. The van der Waals surface area contributed by atoms with Gasteiger partial charge in [0.05, 0.1) is 28.2 Å². The van der Waals surface area contributed by atoms with Crippen molar-refractivity contribution in [3.8, 4) is 0 Å². The minimum Gasteiger partial charge on any atom is -0.396 e. The second kappa shape index (κ2) is 7.74. The van der Waals surface area contributed by atoms with Crippen LogP contribution in [0.4, 0.5) is 10.7 Å². The second-order valence-corrected chi connectivity index (χ2v) is 5.79. The molecule has 0 saturated carbocycles. The van der Waals surface area contributed by atoms with Crippen LogP contribution in [0.5, 0.6) is 0 Å². The Labute approximate surface area is 121 Å². The number of carbonyl (C=O) groups excluding carboxylic acids is 1. The smallest absolute Gasteiger partial charge is 0.171 e. The van der Waals surface area contributed by atoms with Gasteiger partial charge in [-0.2, -0.15) is 0 Å². The van der Waals surface area contributed by atoms with E-state index >= 15 is 0 Å². The third kappa shape index (κ3) is 4.10. The van der Waals surface area contributed by atoms with Gasteiger partial charge in [-0.15, -0.1) is 23.1 Å². The number of ether oxygens (including phenoxy) is 2. The monoisotopic (exact) mass is 304 g/mol. The summed E-state index contributed by atoms with van der Waals surface area (Å²) in [6, 6.07) is 0. The SMILES string of the molecule is COCC(CNc1sc(C(C)=O)c(N)c1SC)OC. The van der Waals surface area contributed by atoms with Crippen LogP contribution in [0.15, 0.2) is 4.90 Å². The van der Waals surface area contributed by atoms with Crippen LogP contribution in [0.25, 0.3) is 0 Å². The largest absolute Gasteiger partial charge is 0.396 e. The van der Waals surface area contributed by atoms with Crippen LogP contribution in [0.1, 0.15) is 16.6 Å². The van der Waals surface area contributed by atoms with E-state index in [1.165, 1.54) is 30.0 Å². The zero-order chi connectivity index (χ0) is 14.4. The van der Waals surface area contributed by atoms with Crippen LogP contribution >= 0.6 is 23.1 Å². The Morgan fingerprint density at radius 1 is 1.53 bits per heavy atom. The number of methoxy groups -OCH3 is 2. The van der Waals surface area contributed by atoms with E-state index in [-0.39, 0.29) is 11.9 Å². The van der Waals surface area contributed by atoms with E-state index in [0.717, 1.165) is 9.90 Å². The Kier molecular flexibility index (Phi) is 6.64. The maximum Gasteiger partial charge on any atom is 0.171 e. The van der Waals surface area contributed by atoms with Crippen molar-refractivity contribution in [2.24, 2.45) is 0 Å². The number of thioether (sulfide) groups is 1. The Balaban J connectivity index is 2.83. The van der Waals surface area contributed by atoms with E-state index in [4.69, 9.17) is 15.2 Å². The molecule has 1 heterocycles. The molecule has 1 rings (SSSR count). The zero-order valence-electron chi connectivity index (χ0n) is 11.6. The molecule has 0 aromatic carbocycles. The first-order valence-electron chi connectivity index (χ1n) is 5.77. The molecule has 1 atom stereocenters. The van der Waals surface area contributed by atoms with Crippen LogP contribution in [-0.4, -0.2) is 45.5 Å². The molecular formula is C12H20N2O3S2. The molecule has 0 spiro atoms. The summed E-state index contributed by atoms with van der Waals surface area (Å²) >= 11 is 2.92. The fraction of sp³-hybridized carbons (Fsp3) is 0.583. The Bertz CT molecular complexity index is 435. The zero-order valence-corrected chi connectivity index (χ0v) is 13.2. The molecule has 0 fully saturated rings. The fourth-order valence-electron chi connectivity index (χ4n) is 1.61. The van der Waals surface area contributed by atoms with E-state index in [1.807, 2.05) is 6.26 Å². The number of hydrogen-bond acceptors (Lipinski definition) is 7. The Morgan fingerprint density at radius 3 is 2.68 bits per heavy atom. The number of hydrogen-bond donors (Lipinski definition) is 2. The van der Waals surface area contributed by atoms with Gasteiger partial charge in [0.2, 0.25) is 0 Å². The number of ketones is 1. The lowest BCUT2D eigenvalue weighted by molar-refractivity contribution is 0.0366. The summed E-state index contributed by atoms with van der Waals surface area (Å²) in [5.74, 6) is -0.00830. The lowest BCUT2D eigenvalue weighted by Crippen LogP contribution is -2.26. The molecule has 108 valence electrons. The minimum absolute atomic E-state index is 0.00830. The van der Waals surface area contributed by atoms with Gasteiger partial charge in [-0.3, -0.25) is 4.79 Å². The molecule has 0 aliphatic heterocycles. The molecule has 1 aromatic heterocycles. The minimum atomic E-state index is -0.0381. The molecule has 0 amide bonds. The first-order valence-corrected chi connectivity index (χ1v) is 7.82. The van der Waals surface area contributed by atoms with E-state index in [1.54, 1.807) is 14.2 Å². The Morgan fingerprint density at radius 2 is 2.21 bits per heavy atom. The molecule has 0 bridgehead atoms. The van der Waals surface area contributed by atoms with Crippen LogP contribution in [-0.2, 0) is 9.47 Å². The number of carbonyl (C=O) groups is 1. The highest BCUT2D eigenvalue weighted by molar-refractivity contribution is 7.99. The Hall–Kier alpha value is -0.760. The quantitative estimate of drug-likeness (QED) is 0.567. The van der Waals surface area contributed by atoms with Crippen molar-refractivity contribution >= 4 is 39.6 Å². The topological polar surface area (TPSA) is 73.6 Å². The summed E-state index contributed by atoms with van der Waals surface area (Å²) < 4.78 is 10.3. The van der Waals surface area contributed by atoms with Gasteiger partial charge in [0.25, 0.3) is 0 Å². The van der Waals surface area contributed by atoms with E-state index in [2.05, 4.69) is 5.32 Å². The highest BCUT2D eigenvalue weighted by Gasteiger charge is 2.18. The van der Waals surface area contributed by atoms with Gasteiger partial charge < -0.3 is 20.5 Å². The van der Waals surface area contributed by atoms with Crippen molar-refractivity contribution in [1.29, 1.82) is 0 Å². The van der Waals surface area contributed by atoms with Gasteiger partial charge in [0.15, 0.2) is 5.78 Å². The lowest BCUT2D eigenvalue weighted by Gasteiger charge is -2.15. The van der Waals surface area contributed by atoms with Gasteiger partial charge in [-0.25, -0.2) is 0 Å². The maximum absolute atomic E-state index is 11.5. The molecule has 1 aromatic rings. The summed E-state index contributed by atoms with van der Waals surface area (Å²) in [7, 11) is 3.28. The van der Waals surface area contributed by atoms with Crippen LogP contribution in [0, 0.1) is 0 Å². The van der Waals surface area contributed by atoms with Crippen molar-refractivity contribution in [3.63, 3.8) is 0 Å². The van der Waals surface area contributed by atoms with Gasteiger partial charge >= 0.3 is 0 Å². The third-order valence-electron chi connectivity index (χ3n) is 2.60. The van der Waals surface area contributed by atoms with Crippen molar-refractivity contribution in [3.05, 3.63) is 4.88 Å². The normalized spacial score (nSPS) is 12.4. The van der Waals surface area contributed by atoms with E-state index in [9.17, 15) is 4.79 Å². The van der Waals surface area contributed by atoms with Crippen LogP contribution in [0.2, 0.25) is 0 Å². The van der Waals surface area contributed by atoms with E-state index in [0.29, 0.717) is 23.7 Å². The van der Waals surface area contributed by atoms with Crippen molar-refractivity contribution in [1.82, 2.24) is 0 Å². The number of nitrogens with one attached hydrogen (secondary N) is 1. The number of thiophene rings is 1. The standard InChI is InChI=1S/C12H20N2O3S2/c1-7(15)10-9(13)11(18-4)12(19-10)14-5-8(17-3)6-16-2/h8,14H,5-6,13H2,1-4H3. The average molecular weight is 304 g/mol. The van der Waals surface area contributed by atoms with Gasteiger partial charge in [-0.1, -0.05) is 0 Å². The van der Waals surface area contributed by atoms with Crippen molar-refractivity contribution in [2.45, 2.75) is 17.9 Å². The molecule has 0 aliphatic carbocycles. The summed E-state index contributed by atoms with van der Waals surface area (Å²) in [6.07, 6.45) is 1.90. The summed E-state index contributed by atoms with van der Waals surface area (Å²) in [5.41, 5.74) is 6.55. The summed E-state index contributed by atoms with van der Waals surface area (Å²) in [6.45, 7) is 2.65. The molecule has 7 heteroatoms. The summed E-state index contributed by atoms with van der Waals surface area (Å²) in [5, 5.41) is 4.19. The molecule has 3 N–H and O–H groups in total. The molecule has 0 radical (unpaired) electrons. The third-order valence-corrected chi connectivity index (χ3v) is 4.83. The summed E-state index contributed by atoms with van der Waals surface area (Å²) in [4.78, 5) is 13.0. The first kappa shape index (κ1) is 16.3. The molecule has 0 saturated heterocycles. The molecular weight excluding hydrogens is 284 g/mol. The average Bonchev–Trinajstić information content (AvgIpc) is 2.71. The lowest BCUT2D eigenvalue weighted by atomic mass is 10.3. The maximum atomic E-state index is 11.5. The van der Waals surface area contributed by atoms with Crippen molar-refractivity contribution < 1.29 is 14.3 Å². The number of anilines is 2. The van der Waals surface area contributed by atoms with Gasteiger partial charge in [0, 0.05) is 27.7 Å². The highest BCUT2D eigenvalue weighted by Crippen LogP contribution is 2.41. The highest BCUT2D eigenvalue weighted by atomic mass is 32.2. The van der Waals surface area contributed by atoms with Gasteiger partial charge in [0.1, 0.15) is 5.00 Å². The number of rotatable bonds is 8. The second-order valence-electron chi connectivity index (χ2n) is 3.96. The fourth-order valence-corrected chi connectivity index (χ4v) is 3.55. The molecule has 19 heavy (non-hydrogen) atoms.